The van der Waals surface area contributed by atoms with E-state index in [9.17, 15) is 14.4 Å². The Hall–Kier alpha value is -4.51. The molecule has 218 valence electrons. The van der Waals surface area contributed by atoms with Gasteiger partial charge in [-0.1, -0.05) is 12.6 Å². The van der Waals surface area contributed by atoms with Gasteiger partial charge in [-0.2, -0.15) is 4.99 Å². The molecule has 3 aromatic heterocycles. The molecule has 0 aliphatic carbocycles. The third-order valence-electron chi connectivity index (χ3n) is 5.93. The number of allylic oxidation sites excluding steroid dienone is 2. The molecule has 11 heteroatoms. The van der Waals surface area contributed by atoms with Crippen LogP contribution in [0, 0.1) is 0 Å². The summed E-state index contributed by atoms with van der Waals surface area (Å²) in [7, 11) is 2.95. The van der Waals surface area contributed by atoms with Crippen LogP contribution >= 0.6 is 0 Å². The predicted octanol–water partition coefficient (Wildman–Crippen LogP) is 3.71. The molecule has 0 aromatic carbocycles. The van der Waals surface area contributed by atoms with Crippen molar-refractivity contribution in [3.8, 4) is 0 Å². The summed E-state index contributed by atoms with van der Waals surface area (Å²) in [6.45, 7) is 9.98. The molecule has 0 aliphatic rings. The van der Waals surface area contributed by atoms with Gasteiger partial charge in [-0.05, 0) is 57.5 Å². The molecule has 0 saturated carbocycles. The molecule has 3 rings (SSSR count). The standard InChI is InChI=1S/C30H36N4O7/c1-7-21(38-5)18-22(39-6)13-14-26(35)32-28-24(30(37)40-8-2)19-23-27(34(28)16-11-17-41-20(3)4)31-25-12-9-10-15-33(25)29(23)36/h7,9-10,12-13,15,18-20H,1,8,11,14,16-17H2,2-6H3/b21-18-,22-13-,32-28?. The Morgan fingerprint density at radius 2 is 1.93 bits per heavy atom. The van der Waals surface area contributed by atoms with Crippen LogP contribution in [0.2, 0.25) is 0 Å². The molecular formula is C30H36N4O7. The summed E-state index contributed by atoms with van der Waals surface area (Å²) in [6, 6.07) is 6.58. The minimum Gasteiger partial charge on any atom is -0.497 e. The van der Waals surface area contributed by atoms with E-state index in [0.29, 0.717) is 30.2 Å². The second-order valence-corrected chi connectivity index (χ2v) is 9.09. The number of amides is 1. The topological polar surface area (TPSA) is 123 Å². The van der Waals surface area contributed by atoms with E-state index < -0.39 is 11.9 Å². The Bertz CT molecular complexity index is 1610. The maximum atomic E-state index is 13.5. The van der Waals surface area contributed by atoms with Gasteiger partial charge in [0.2, 0.25) is 0 Å². The molecule has 0 bridgehead atoms. The van der Waals surface area contributed by atoms with Crippen LogP contribution in [0.15, 0.2) is 76.6 Å². The number of aromatic nitrogens is 3. The van der Waals surface area contributed by atoms with Gasteiger partial charge in [-0.3, -0.25) is 14.0 Å². The van der Waals surface area contributed by atoms with Crippen molar-refractivity contribution in [3.63, 3.8) is 0 Å². The summed E-state index contributed by atoms with van der Waals surface area (Å²) in [5, 5.41) is 0.191. The zero-order valence-electron chi connectivity index (χ0n) is 24.1. The van der Waals surface area contributed by atoms with Gasteiger partial charge in [0.15, 0.2) is 5.49 Å². The number of fused-ring (bicyclic) bond motifs is 2. The summed E-state index contributed by atoms with van der Waals surface area (Å²) in [6.07, 6.45) is 6.62. The highest BCUT2D eigenvalue weighted by molar-refractivity contribution is 5.93. The molecule has 3 heterocycles. The fraction of sp³-hybridized carbons (Fsp3) is 0.367. The van der Waals surface area contributed by atoms with Gasteiger partial charge >= 0.3 is 5.97 Å². The number of nitrogens with zero attached hydrogens (tertiary/aromatic N) is 4. The normalized spacial score (nSPS) is 12.7. The Balaban J connectivity index is 2.26. The Morgan fingerprint density at radius 3 is 2.59 bits per heavy atom. The first kappa shape index (κ1) is 31.0. The number of methoxy groups -OCH3 is 2. The van der Waals surface area contributed by atoms with E-state index in [1.807, 2.05) is 13.8 Å². The molecule has 0 unspecified atom stereocenters. The fourth-order valence-corrected chi connectivity index (χ4v) is 4.01. The second-order valence-electron chi connectivity index (χ2n) is 9.09. The van der Waals surface area contributed by atoms with Gasteiger partial charge in [-0.25, -0.2) is 9.78 Å². The number of hydrogen-bond donors (Lipinski definition) is 0. The van der Waals surface area contributed by atoms with Crippen molar-refractivity contribution in [2.75, 3.05) is 27.4 Å². The van der Waals surface area contributed by atoms with Gasteiger partial charge < -0.3 is 23.5 Å². The molecule has 0 spiro atoms. The summed E-state index contributed by atoms with van der Waals surface area (Å²) < 4.78 is 24.5. The summed E-state index contributed by atoms with van der Waals surface area (Å²) in [5.41, 5.74) is 0.364. The average molecular weight is 565 g/mol. The SMILES string of the molecule is C=C/C(=C/C(=C/CC(=O)N=c1c(C(=O)OCC)cc2c(=O)n3ccccc3nc2n1CCCOC(C)C)OC)OC. The summed E-state index contributed by atoms with van der Waals surface area (Å²) in [5.74, 6) is -0.445. The van der Waals surface area contributed by atoms with Crippen LogP contribution in [0.1, 0.15) is 44.0 Å². The van der Waals surface area contributed by atoms with Crippen molar-refractivity contribution in [1.82, 2.24) is 14.0 Å². The predicted molar refractivity (Wildman–Crippen MR) is 154 cm³/mol. The lowest BCUT2D eigenvalue weighted by Crippen LogP contribution is -2.33. The number of rotatable bonds is 13. The summed E-state index contributed by atoms with van der Waals surface area (Å²) in [4.78, 5) is 48.8. The van der Waals surface area contributed by atoms with Gasteiger partial charge in [0.25, 0.3) is 11.5 Å². The van der Waals surface area contributed by atoms with Gasteiger partial charge in [0.1, 0.15) is 28.4 Å². The monoisotopic (exact) mass is 564 g/mol. The van der Waals surface area contributed by atoms with Crippen LogP contribution in [-0.4, -0.2) is 59.4 Å². The van der Waals surface area contributed by atoms with Crippen molar-refractivity contribution < 1.29 is 28.5 Å². The van der Waals surface area contributed by atoms with Crippen molar-refractivity contribution >= 4 is 28.6 Å². The fourth-order valence-electron chi connectivity index (χ4n) is 4.01. The van der Waals surface area contributed by atoms with E-state index in [4.69, 9.17) is 23.9 Å². The molecular weight excluding hydrogens is 528 g/mol. The molecule has 0 atom stereocenters. The largest absolute Gasteiger partial charge is 0.497 e. The van der Waals surface area contributed by atoms with E-state index in [-0.39, 0.29) is 53.3 Å². The van der Waals surface area contributed by atoms with Gasteiger partial charge in [0.05, 0.1) is 38.7 Å². The third-order valence-corrected chi connectivity index (χ3v) is 5.93. The number of pyridine rings is 2. The van der Waals surface area contributed by atoms with E-state index >= 15 is 0 Å². The highest BCUT2D eigenvalue weighted by atomic mass is 16.5. The molecule has 0 aliphatic heterocycles. The molecule has 3 aromatic rings. The number of ether oxygens (including phenoxy) is 4. The van der Waals surface area contributed by atoms with Crippen LogP contribution in [0.5, 0.6) is 0 Å². The molecule has 0 saturated heterocycles. The van der Waals surface area contributed by atoms with E-state index in [1.165, 1.54) is 30.8 Å². The molecule has 0 N–H and O–H groups in total. The number of aryl methyl sites for hydroxylation is 1. The van der Waals surface area contributed by atoms with E-state index in [2.05, 4.69) is 11.6 Å². The molecule has 0 fully saturated rings. The third kappa shape index (κ3) is 7.79. The van der Waals surface area contributed by atoms with Crippen molar-refractivity contribution in [2.45, 2.75) is 46.3 Å². The second kappa shape index (κ2) is 14.8. The Kier molecular flexibility index (Phi) is 11.2. The zero-order valence-corrected chi connectivity index (χ0v) is 24.1. The highest BCUT2D eigenvalue weighted by Crippen LogP contribution is 2.13. The van der Waals surface area contributed by atoms with Crippen LogP contribution in [0.3, 0.4) is 0 Å². The molecule has 11 nitrogen and oxygen atoms in total. The first-order valence-electron chi connectivity index (χ1n) is 13.3. The molecule has 41 heavy (non-hydrogen) atoms. The van der Waals surface area contributed by atoms with Gasteiger partial charge in [0, 0.05) is 25.4 Å². The number of esters is 1. The zero-order chi connectivity index (χ0) is 29.9. The van der Waals surface area contributed by atoms with Crippen LogP contribution in [0.25, 0.3) is 16.7 Å². The smallest absolute Gasteiger partial charge is 0.341 e. The van der Waals surface area contributed by atoms with E-state index in [1.54, 1.807) is 48.0 Å². The van der Waals surface area contributed by atoms with Crippen molar-refractivity contribution in [1.29, 1.82) is 0 Å². The Morgan fingerprint density at radius 1 is 1.17 bits per heavy atom. The first-order chi connectivity index (χ1) is 19.7. The quantitative estimate of drug-likeness (QED) is 0.101. The lowest BCUT2D eigenvalue weighted by Gasteiger charge is -2.15. The molecule has 0 radical (unpaired) electrons. The number of hydrogen-bond acceptors (Lipinski definition) is 8. The maximum Gasteiger partial charge on any atom is 0.341 e. The number of carbonyl (C=O) groups is 2. The van der Waals surface area contributed by atoms with E-state index in [0.717, 1.165) is 0 Å². The minimum absolute atomic E-state index is 0.0172. The van der Waals surface area contributed by atoms with Gasteiger partial charge in [-0.15, -0.1) is 0 Å². The highest BCUT2D eigenvalue weighted by Gasteiger charge is 2.20. The minimum atomic E-state index is -0.711. The first-order valence-corrected chi connectivity index (χ1v) is 13.3. The molecule has 1 amide bonds. The number of carbonyl (C=O) groups excluding carboxylic acids is 2. The lowest BCUT2D eigenvalue weighted by molar-refractivity contribution is -0.117. The lowest BCUT2D eigenvalue weighted by atomic mass is 10.2. The van der Waals surface area contributed by atoms with Crippen LogP contribution in [-0.2, 0) is 30.3 Å². The van der Waals surface area contributed by atoms with Crippen LogP contribution in [0.4, 0.5) is 0 Å². The average Bonchev–Trinajstić information content (AvgIpc) is 2.96. The maximum absolute atomic E-state index is 13.5. The summed E-state index contributed by atoms with van der Waals surface area (Å²) >= 11 is 0. The van der Waals surface area contributed by atoms with Crippen molar-refractivity contribution in [3.05, 3.63) is 88.2 Å². The van der Waals surface area contributed by atoms with Crippen LogP contribution < -0.4 is 11.0 Å². The Labute approximate surface area is 238 Å². The van der Waals surface area contributed by atoms with Crippen molar-refractivity contribution in [2.24, 2.45) is 4.99 Å².